The molecule has 0 spiro atoms. The average Bonchev–Trinajstić information content (AvgIpc) is 2.50. The molecular weight excluding hydrogens is 266 g/mol. The number of nitrogens with zero attached hydrogens (tertiary/aromatic N) is 2. The lowest BCUT2D eigenvalue weighted by Crippen LogP contribution is -1.93. The van der Waals surface area contributed by atoms with Crippen LogP contribution in [0.2, 0.25) is 0 Å². The summed E-state index contributed by atoms with van der Waals surface area (Å²) in [6.07, 6.45) is 3.21. The second kappa shape index (κ2) is 5.50. The van der Waals surface area contributed by atoms with Crippen LogP contribution < -0.4 is 5.43 Å². The Kier molecular flexibility index (Phi) is 3.39. The van der Waals surface area contributed by atoms with E-state index >= 15 is 0 Å². The van der Waals surface area contributed by atoms with Crippen molar-refractivity contribution in [3.63, 3.8) is 0 Å². The number of hydrazone groups is 1. The molecule has 1 aromatic heterocycles. The van der Waals surface area contributed by atoms with Gasteiger partial charge in [0.1, 0.15) is 11.5 Å². The van der Waals surface area contributed by atoms with E-state index in [9.17, 15) is 10.2 Å². The largest absolute Gasteiger partial charge is 0.508 e. The van der Waals surface area contributed by atoms with E-state index in [2.05, 4.69) is 15.5 Å². The molecule has 0 saturated heterocycles. The van der Waals surface area contributed by atoms with Crippen LogP contribution >= 0.6 is 0 Å². The number of pyridine rings is 1. The van der Waals surface area contributed by atoms with Crippen LogP contribution in [0.1, 0.15) is 5.56 Å². The van der Waals surface area contributed by atoms with Gasteiger partial charge in [0.05, 0.1) is 17.4 Å². The third-order valence-corrected chi connectivity index (χ3v) is 3.04. The second-order valence-corrected chi connectivity index (χ2v) is 4.49. The number of hydrogen-bond acceptors (Lipinski definition) is 5. The lowest BCUT2D eigenvalue weighted by molar-refractivity contribution is 0.450. The van der Waals surface area contributed by atoms with Crippen molar-refractivity contribution in [2.45, 2.75) is 0 Å². The average molecular weight is 279 g/mol. The number of aromatic hydroxyl groups is 2. The Labute approximate surface area is 121 Å². The van der Waals surface area contributed by atoms with Gasteiger partial charge < -0.3 is 10.2 Å². The van der Waals surface area contributed by atoms with Crippen LogP contribution in [0.25, 0.3) is 10.9 Å². The molecule has 5 nitrogen and oxygen atoms in total. The highest BCUT2D eigenvalue weighted by molar-refractivity contribution is 5.91. The van der Waals surface area contributed by atoms with E-state index in [-0.39, 0.29) is 11.5 Å². The maximum atomic E-state index is 9.67. The number of rotatable bonds is 3. The van der Waals surface area contributed by atoms with Crippen molar-refractivity contribution in [3.8, 4) is 11.5 Å². The van der Waals surface area contributed by atoms with Gasteiger partial charge in [0, 0.05) is 23.2 Å². The molecule has 0 saturated carbocycles. The van der Waals surface area contributed by atoms with E-state index in [4.69, 9.17) is 0 Å². The summed E-state index contributed by atoms with van der Waals surface area (Å²) < 4.78 is 0. The van der Waals surface area contributed by atoms with E-state index in [1.807, 2.05) is 30.3 Å². The molecule has 5 heteroatoms. The third-order valence-electron chi connectivity index (χ3n) is 3.04. The van der Waals surface area contributed by atoms with Crippen molar-refractivity contribution in [1.29, 1.82) is 0 Å². The molecule has 0 aliphatic rings. The number of para-hydroxylation sites is 1. The molecule has 0 aliphatic carbocycles. The van der Waals surface area contributed by atoms with Crippen LogP contribution in [0, 0.1) is 0 Å². The minimum Gasteiger partial charge on any atom is -0.508 e. The smallest absolute Gasteiger partial charge is 0.128 e. The van der Waals surface area contributed by atoms with Crippen molar-refractivity contribution >= 4 is 22.8 Å². The monoisotopic (exact) mass is 279 g/mol. The molecule has 21 heavy (non-hydrogen) atoms. The molecule has 0 bridgehead atoms. The molecule has 0 atom stereocenters. The van der Waals surface area contributed by atoms with E-state index in [0.717, 1.165) is 16.6 Å². The Morgan fingerprint density at radius 2 is 1.90 bits per heavy atom. The molecule has 3 aromatic rings. The van der Waals surface area contributed by atoms with Gasteiger partial charge in [0.2, 0.25) is 0 Å². The highest BCUT2D eigenvalue weighted by Gasteiger charge is 2.01. The van der Waals surface area contributed by atoms with E-state index in [0.29, 0.717) is 5.56 Å². The van der Waals surface area contributed by atoms with Crippen molar-refractivity contribution in [3.05, 3.63) is 60.3 Å². The Morgan fingerprint density at radius 3 is 2.76 bits per heavy atom. The first-order chi connectivity index (χ1) is 10.2. The molecule has 0 fully saturated rings. The van der Waals surface area contributed by atoms with Gasteiger partial charge in [-0.3, -0.25) is 10.4 Å². The lowest BCUT2D eigenvalue weighted by Gasteiger charge is -2.04. The molecular formula is C16H13N3O2. The summed E-state index contributed by atoms with van der Waals surface area (Å²) in [5, 5.41) is 24.0. The fourth-order valence-electron chi connectivity index (χ4n) is 2.01. The Morgan fingerprint density at radius 1 is 1.05 bits per heavy atom. The number of fused-ring (bicyclic) bond motifs is 1. The van der Waals surface area contributed by atoms with Crippen LogP contribution in [0.5, 0.6) is 11.5 Å². The number of aromatic nitrogens is 1. The first-order valence-electron chi connectivity index (χ1n) is 6.39. The topological polar surface area (TPSA) is 77.7 Å². The number of benzene rings is 2. The van der Waals surface area contributed by atoms with Crippen LogP contribution in [0.3, 0.4) is 0 Å². The zero-order valence-electron chi connectivity index (χ0n) is 11.1. The molecule has 0 radical (unpaired) electrons. The van der Waals surface area contributed by atoms with Gasteiger partial charge in [-0.1, -0.05) is 18.2 Å². The fraction of sp³-hybridized carbons (Fsp3) is 0. The van der Waals surface area contributed by atoms with Gasteiger partial charge in [-0.15, -0.1) is 0 Å². The highest BCUT2D eigenvalue weighted by atomic mass is 16.3. The van der Waals surface area contributed by atoms with Crippen molar-refractivity contribution in [2.24, 2.45) is 5.10 Å². The summed E-state index contributed by atoms with van der Waals surface area (Å²) >= 11 is 0. The summed E-state index contributed by atoms with van der Waals surface area (Å²) in [6.45, 7) is 0. The number of phenolic OH excluding ortho intramolecular Hbond substituents is 2. The highest BCUT2D eigenvalue weighted by Crippen LogP contribution is 2.22. The zero-order valence-corrected chi connectivity index (χ0v) is 11.1. The Bertz CT molecular complexity index is 810. The summed E-state index contributed by atoms with van der Waals surface area (Å²) in [5.41, 5.74) is 5.03. The SMILES string of the molecule is Oc1ccc(/C=N\Nc2cccc3cccnc23)c(O)c1. The van der Waals surface area contributed by atoms with Crippen LogP contribution in [-0.2, 0) is 0 Å². The number of phenols is 2. The first-order valence-corrected chi connectivity index (χ1v) is 6.39. The van der Waals surface area contributed by atoms with Gasteiger partial charge in [-0.2, -0.15) is 5.10 Å². The van der Waals surface area contributed by atoms with E-state index in [1.165, 1.54) is 18.3 Å². The summed E-state index contributed by atoms with van der Waals surface area (Å²) in [5.74, 6) is -0.0209. The molecule has 2 aromatic carbocycles. The minimum absolute atomic E-state index is 0.0101. The second-order valence-electron chi connectivity index (χ2n) is 4.49. The summed E-state index contributed by atoms with van der Waals surface area (Å²) in [6, 6.07) is 14.0. The maximum absolute atomic E-state index is 9.67. The van der Waals surface area contributed by atoms with E-state index < -0.39 is 0 Å². The Hall–Kier alpha value is -3.08. The minimum atomic E-state index is -0.0309. The molecule has 0 unspecified atom stereocenters. The Balaban J connectivity index is 1.84. The lowest BCUT2D eigenvalue weighted by atomic mass is 10.2. The van der Waals surface area contributed by atoms with Crippen LogP contribution in [-0.4, -0.2) is 21.4 Å². The number of hydrogen-bond donors (Lipinski definition) is 3. The van der Waals surface area contributed by atoms with Crippen molar-refractivity contribution < 1.29 is 10.2 Å². The molecule has 1 heterocycles. The van der Waals surface area contributed by atoms with Gasteiger partial charge >= 0.3 is 0 Å². The first kappa shape index (κ1) is 12.9. The van der Waals surface area contributed by atoms with Crippen molar-refractivity contribution in [2.75, 3.05) is 5.43 Å². The standard InChI is InChI=1S/C16H13N3O2/c20-13-7-6-12(15(21)9-13)10-18-19-14-5-1-3-11-4-2-8-17-16(11)14/h1-10,19-21H/b18-10-. The van der Waals surface area contributed by atoms with Crippen LogP contribution in [0.15, 0.2) is 59.8 Å². The molecule has 0 amide bonds. The van der Waals surface area contributed by atoms with Crippen molar-refractivity contribution in [1.82, 2.24) is 4.98 Å². The summed E-state index contributed by atoms with van der Waals surface area (Å²) in [4.78, 5) is 4.32. The fourth-order valence-corrected chi connectivity index (χ4v) is 2.01. The predicted octanol–water partition coefficient (Wildman–Crippen LogP) is 3.09. The zero-order chi connectivity index (χ0) is 14.7. The van der Waals surface area contributed by atoms with E-state index in [1.54, 1.807) is 12.3 Å². The molecule has 104 valence electrons. The third kappa shape index (κ3) is 2.76. The maximum Gasteiger partial charge on any atom is 0.128 e. The quantitative estimate of drug-likeness (QED) is 0.508. The van der Waals surface area contributed by atoms with Gasteiger partial charge in [-0.25, -0.2) is 0 Å². The van der Waals surface area contributed by atoms with Gasteiger partial charge in [-0.05, 0) is 24.3 Å². The summed E-state index contributed by atoms with van der Waals surface area (Å²) in [7, 11) is 0. The van der Waals surface area contributed by atoms with Gasteiger partial charge in [0.25, 0.3) is 0 Å². The number of anilines is 1. The predicted molar refractivity (Wildman–Crippen MR) is 82.7 cm³/mol. The molecule has 3 N–H and O–H groups in total. The molecule has 3 rings (SSSR count). The van der Waals surface area contributed by atoms with Crippen LogP contribution in [0.4, 0.5) is 5.69 Å². The normalized spacial score (nSPS) is 11.0. The molecule has 0 aliphatic heterocycles. The number of nitrogens with one attached hydrogen (secondary N) is 1. The van der Waals surface area contributed by atoms with Gasteiger partial charge in [0.15, 0.2) is 0 Å².